The van der Waals surface area contributed by atoms with Crippen molar-refractivity contribution in [1.29, 1.82) is 0 Å². The van der Waals surface area contributed by atoms with Gasteiger partial charge in [-0.2, -0.15) is 5.10 Å². The summed E-state index contributed by atoms with van der Waals surface area (Å²) in [6, 6.07) is 4.09. The Hall–Kier alpha value is -2.48. The molecular formula is C22H27N5O2S. The number of piperidine rings is 1. The van der Waals surface area contributed by atoms with Crippen molar-refractivity contribution >= 4 is 28.3 Å². The fraction of sp³-hybridized carbons (Fsp3) is 0.545. The van der Waals surface area contributed by atoms with Crippen molar-refractivity contribution in [2.75, 3.05) is 13.1 Å². The van der Waals surface area contributed by atoms with Crippen LogP contribution in [0.25, 0.3) is 11.0 Å². The van der Waals surface area contributed by atoms with E-state index in [2.05, 4.69) is 4.98 Å². The van der Waals surface area contributed by atoms with Crippen LogP contribution in [0.2, 0.25) is 0 Å². The van der Waals surface area contributed by atoms with Gasteiger partial charge in [0.2, 0.25) is 0 Å². The molecule has 8 heteroatoms. The third-order valence-electron chi connectivity index (χ3n) is 6.50. The van der Waals surface area contributed by atoms with Gasteiger partial charge in [0.1, 0.15) is 11.2 Å². The number of H-pyrrole nitrogens is 1. The number of likely N-dealkylation sites (tertiary alicyclic amines) is 1. The lowest BCUT2D eigenvalue weighted by Gasteiger charge is -2.32. The van der Waals surface area contributed by atoms with E-state index in [1.807, 2.05) is 34.0 Å². The third-order valence-corrected chi connectivity index (χ3v) is 7.36. The van der Waals surface area contributed by atoms with Gasteiger partial charge in [0.15, 0.2) is 5.65 Å². The number of hydrogen-bond acceptors (Lipinski definition) is 5. The van der Waals surface area contributed by atoms with Crippen LogP contribution in [0.5, 0.6) is 0 Å². The van der Waals surface area contributed by atoms with Crippen molar-refractivity contribution in [3.05, 3.63) is 44.3 Å². The SMILES string of the molecule is Cc1nn(C2CCCCC2)c2nc(C3CCCN(C(=O)c4cccs4)C3)[nH]c(=O)c12. The summed E-state index contributed by atoms with van der Waals surface area (Å²) in [6.07, 6.45) is 7.67. The zero-order valence-corrected chi connectivity index (χ0v) is 18.1. The van der Waals surface area contributed by atoms with Crippen molar-refractivity contribution in [1.82, 2.24) is 24.6 Å². The summed E-state index contributed by atoms with van der Waals surface area (Å²) in [4.78, 5) is 36.3. The predicted molar refractivity (Wildman–Crippen MR) is 117 cm³/mol. The summed E-state index contributed by atoms with van der Waals surface area (Å²) in [5.74, 6) is 0.795. The maximum Gasteiger partial charge on any atom is 0.263 e. The van der Waals surface area contributed by atoms with E-state index in [0.29, 0.717) is 29.4 Å². The minimum absolute atomic E-state index is 0.0368. The summed E-state index contributed by atoms with van der Waals surface area (Å²) >= 11 is 1.47. The molecule has 3 aromatic rings. The fourth-order valence-corrected chi connectivity index (χ4v) is 5.63. The first-order valence-corrected chi connectivity index (χ1v) is 11.8. The van der Waals surface area contributed by atoms with E-state index in [4.69, 9.17) is 10.1 Å². The molecular weight excluding hydrogens is 398 g/mol. The Bertz CT molecular complexity index is 1110. The van der Waals surface area contributed by atoms with Crippen LogP contribution in [-0.2, 0) is 0 Å². The monoisotopic (exact) mass is 425 g/mol. The highest BCUT2D eigenvalue weighted by Crippen LogP contribution is 2.31. The normalized spacial score (nSPS) is 20.7. The van der Waals surface area contributed by atoms with E-state index >= 15 is 0 Å². The molecule has 1 atom stereocenters. The molecule has 3 aromatic heterocycles. The van der Waals surface area contributed by atoms with Crippen LogP contribution >= 0.6 is 11.3 Å². The Morgan fingerprint density at radius 1 is 1.20 bits per heavy atom. The van der Waals surface area contributed by atoms with E-state index in [1.165, 1.54) is 30.6 Å². The Balaban J connectivity index is 1.48. The van der Waals surface area contributed by atoms with Gasteiger partial charge in [-0.1, -0.05) is 25.3 Å². The first-order chi connectivity index (χ1) is 14.6. The van der Waals surface area contributed by atoms with Gasteiger partial charge in [-0.15, -0.1) is 11.3 Å². The van der Waals surface area contributed by atoms with E-state index in [0.717, 1.165) is 42.8 Å². The number of fused-ring (bicyclic) bond motifs is 1. The lowest BCUT2D eigenvalue weighted by molar-refractivity contribution is 0.0709. The molecule has 1 unspecified atom stereocenters. The van der Waals surface area contributed by atoms with E-state index < -0.39 is 0 Å². The third kappa shape index (κ3) is 3.47. The molecule has 2 aliphatic rings. The number of nitrogens with zero attached hydrogens (tertiary/aromatic N) is 4. The number of rotatable bonds is 3. The predicted octanol–water partition coefficient (Wildman–Crippen LogP) is 4.01. The number of carbonyl (C=O) groups excluding carboxylic acids is 1. The second-order valence-electron chi connectivity index (χ2n) is 8.54. The molecule has 7 nitrogen and oxygen atoms in total. The quantitative estimate of drug-likeness (QED) is 0.687. The summed E-state index contributed by atoms with van der Waals surface area (Å²) in [7, 11) is 0. The number of aromatic nitrogens is 4. The molecule has 1 saturated heterocycles. The van der Waals surface area contributed by atoms with Gasteiger partial charge in [-0.3, -0.25) is 9.59 Å². The second kappa shape index (κ2) is 7.98. The molecule has 0 bridgehead atoms. The maximum atomic E-state index is 12.9. The van der Waals surface area contributed by atoms with Gasteiger partial charge in [0.05, 0.1) is 16.6 Å². The average Bonchev–Trinajstić information content (AvgIpc) is 3.42. The molecule has 1 N–H and O–H groups in total. The van der Waals surface area contributed by atoms with Crippen LogP contribution < -0.4 is 5.56 Å². The van der Waals surface area contributed by atoms with Gasteiger partial charge < -0.3 is 9.88 Å². The van der Waals surface area contributed by atoms with Crippen LogP contribution in [0.15, 0.2) is 22.3 Å². The molecule has 158 valence electrons. The van der Waals surface area contributed by atoms with Gasteiger partial charge >= 0.3 is 0 Å². The lowest BCUT2D eigenvalue weighted by Crippen LogP contribution is -2.39. The summed E-state index contributed by atoms with van der Waals surface area (Å²) in [5.41, 5.74) is 1.34. The first kappa shape index (κ1) is 19.5. The Morgan fingerprint density at radius 2 is 2.03 bits per heavy atom. The molecule has 2 fully saturated rings. The molecule has 1 amide bonds. The van der Waals surface area contributed by atoms with Crippen molar-refractivity contribution < 1.29 is 4.79 Å². The van der Waals surface area contributed by atoms with Crippen molar-refractivity contribution in [3.63, 3.8) is 0 Å². The molecule has 5 rings (SSSR count). The number of carbonyl (C=O) groups is 1. The van der Waals surface area contributed by atoms with Crippen LogP contribution in [0.4, 0.5) is 0 Å². The van der Waals surface area contributed by atoms with E-state index in [9.17, 15) is 9.59 Å². The van der Waals surface area contributed by atoms with Crippen LogP contribution in [-0.4, -0.2) is 43.6 Å². The van der Waals surface area contributed by atoms with Crippen molar-refractivity contribution in [2.45, 2.75) is 63.8 Å². The summed E-state index contributed by atoms with van der Waals surface area (Å²) in [5, 5.41) is 7.24. The standard InChI is InChI=1S/C22H27N5O2S/c1-14-18-20(27(25-14)16-8-3-2-4-9-16)23-19(24-21(18)28)15-7-5-11-26(13-15)22(29)17-10-6-12-30-17/h6,10,12,15-16H,2-5,7-9,11,13H2,1H3,(H,23,24,28). The largest absolute Gasteiger partial charge is 0.337 e. The zero-order chi connectivity index (χ0) is 20.7. The topological polar surface area (TPSA) is 83.9 Å². The molecule has 0 spiro atoms. The van der Waals surface area contributed by atoms with Crippen LogP contribution in [0.1, 0.15) is 78.1 Å². The minimum atomic E-state index is -0.115. The summed E-state index contributed by atoms with van der Waals surface area (Å²) in [6.45, 7) is 3.22. The second-order valence-corrected chi connectivity index (χ2v) is 9.49. The van der Waals surface area contributed by atoms with Gasteiger partial charge in [0, 0.05) is 19.0 Å². The van der Waals surface area contributed by atoms with Crippen molar-refractivity contribution in [3.8, 4) is 0 Å². The van der Waals surface area contributed by atoms with Gasteiger partial charge in [-0.25, -0.2) is 9.67 Å². The smallest absolute Gasteiger partial charge is 0.263 e. The van der Waals surface area contributed by atoms with E-state index in [-0.39, 0.29) is 17.4 Å². The molecule has 1 aliphatic carbocycles. The Morgan fingerprint density at radius 3 is 2.80 bits per heavy atom. The highest BCUT2D eigenvalue weighted by Gasteiger charge is 2.29. The highest BCUT2D eigenvalue weighted by atomic mass is 32.1. The molecule has 0 radical (unpaired) electrons. The number of thiophene rings is 1. The zero-order valence-electron chi connectivity index (χ0n) is 17.3. The van der Waals surface area contributed by atoms with Gasteiger partial charge in [0.25, 0.3) is 11.5 Å². The molecule has 0 aromatic carbocycles. The Kier molecular flexibility index (Phi) is 5.18. The minimum Gasteiger partial charge on any atom is -0.337 e. The average molecular weight is 426 g/mol. The van der Waals surface area contributed by atoms with Crippen molar-refractivity contribution in [2.24, 2.45) is 0 Å². The summed E-state index contributed by atoms with van der Waals surface area (Å²) < 4.78 is 2.00. The lowest BCUT2D eigenvalue weighted by atomic mass is 9.95. The number of aryl methyl sites for hydroxylation is 1. The number of amides is 1. The highest BCUT2D eigenvalue weighted by molar-refractivity contribution is 7.12. The molecule has 4 heterocycles. The fourth-order valence-electron chi connectivity index (χ4n) is 4.94. The maximum absolute atomic E-state index is 12.9. The molecule has 1 saturated carbocycles. The van der Waals surface area contributed by atoms with Crippen LogP contribution in [0.3, 0.4) is 0 Å². The van der Waals surface area contributed by atoms with E-state index in [1.54, 1.807) is 0 Å². The number of hydrogen-bond donors (Lipinski definition) is 1. The first-order valence-electron chi connectivity index (χ1n) is 10.9. The molecule has 1 aliphatic heterocycles. The Labute approximate surface area is 179 Å². The number of aromatic amines is 1. The van der Waals surface area contributed by atoms with Crippen LogP contribution in [0, 0.1) is 6.92 Å². The number of nitrogens with one attached hydrogen (secondary N) is 1. The van der Waals surface area contributed by atoms with Gasteiger partial charge in [-0.05, 0) is 44.1 Å². The molecule has 30 heavy (non-hydrogen) atoms.